The topological polar surface area (TPSA) is 134 Å². The van der Waals surface area contributed by atoms with E-state index in [1.807, 2.05) is 36.4 Å². The second-order valence-corrected chi connectivity index (χ2v) is 9.75. The van der Waals surface area contributed by atoms with E-state index in [-0.39, 0.29) is 11.9 Å². The highest BCUT2D eigenvalue weighted by Crippen LogP contribution is 2.31. The van der Waals surface area contributed by atoms with Crippen molar-refractivity contribution >= 4 is 45.7 Å². The van der Waals surface area contributed by atoms with Crippen LogP contribution in [-0.4, -0.2) is 58.4 Å². The molecule has 3 amide bonds. The van der Waals surface area contributed by atoms with Gasteiger partial charge >= 0.3 is 6.03 Å². The van der Waals surface area contributed by atoms with Crippen LogP contribution in [0.5, 0.6) is 0 Å². The lowest BCUT2D eigenvalue weighted by atomic mass is 10.1. The molecule has 11 heteroatoms. The minimum absolute atomic E-state index is 0.157. The van der Waals surface area contributed by atoms with Crippen LogP contribution in [0, 0.1) is 0 Å². The van der Waals surface area contributed by atoms with Gasteiger partial charge in [0.2, 0.25) is 5.91 Å². The summed E-state index contributed by atoms with van der Waals surface area (Å²) in [6.45, 7) is 4.22. The highest BCUT2D eigenvalue weighted by molar-refractivity contribution is 6.00. The van der Waals surface area contributed by atoms with Crippen LogP contribution in [0.15, 0.2) is 85.2 Å². The Labute approximate surface area is 242 Å². The molecule has 0 radical (unpaired) electrons. The lowest BCUT2D eigenvalue weighted by Gasteiger charge is -2.29. The van der Waals surface area contributed by atoms with Crippen LogP contribution in [0.4, 0.5) is 27.7 Å². The summed E-state index contributed by atoms with van der Waals surface area (Å²) in [5, 5.41) is 17.2. The van der Waals surface area contributed by atoms with Crippen LogP contribution in [0.3, 0.4) is 0 Å². The van der Waals surface area contributed by atoms with Gasteiger partial charge in [-0.15, -0.1) is 0 Å². The third-order valence-corrected chi connectivity index (χ3v) is 6.77. The fraction of sp³-hybridized carbons (Fsp3) is 0.161. The fourth-order valence-electron chi connectivity index (χ4n) is 4.74. The molecule has 3 heterocycles. The number of benzene rings is 3. The van der Waals surface area contributed by atoms with Crippen molar-refractivity contribution in [3.63, 3.8) is 0 Å². The highest BCUT2D eigenvalue weighted by atomic mass is 16.5. The highest BCUT2D eigenvalue weighted by Gasteiger charge is 2.19. The Balaban J connectivity index is 1.24. The number of hydrogen-bond donors (Lipinski definition) is 3. The lowest BCUT2D eigenvalue weighted by Crippen LogP contribution is -2.37. The third kappa shape index (κ3) is 6.16. The Morgan fingerprint density at radius 3 is 2.02 bits per heavy atom. The van der Waals surface area contributed by atoms with E-state index in [0.717, 1.165) is 46.5 Å². The van der Waals surface area contributed by atoms with Gasteiger partial charge in [0.1, 0.15) is 5.82 Å². The molecule has 0 bridgehead atoms. The van der Waals surface area contributed by atoms with Crippen LogP contribution >= 0.6 is 0 Å². The van der Waals surface area contributed by atoms with Gasteiger partial charge < -0.3 is 25.6 Å². The van der Waals surface area contributed by atoms with E-state index in [2.05, 4.69) is 43.2 Å². The van der Waals surface area contributed by atoms with Crippen molar-refractivity contribution in [3.8, 4) is 22.5 Å². The zero-order valence-corrected chi connectivity index (χ0v) is 22.9. The molecule has 0 unspecified atom stereocenters. The maximum absolute atomic E-state index is 12.6. The smallest absolute Gasteiger partial charge is 0.323 e. The maximum Gasteiger partial charge on any atom is 0.323 e. The molecule has 3 N–H and O–H groups in total. The number of fused-ring (bicyclic) bond motifs is 1. The van der Waals surface area contributed by atoms with Crippen LogP contribution in [0.1, 0.15) is 6.92 Å². The van der Waals surface area contributed by atoms with E-state index in [1.54, 1.807) is 36.7 Å². The molecule has 0 saturated carbocycles. The zero-order valence-electron chi connectivity index (χ0n) is 22.9. The monoisotopic (exact) mass is 560 g/mol. The first-order valence-corrected chi connectivity index (χ1v) is 13.5. The molecule has 1 fully saturated rings. The van der Waals surface area contributed by atoms with E-state index >= 15 is 0 Å². The van der Waals surface area contributed by atoms with Gasteiger partial charge in [-0.25, -0.2) is 14.8 Å². The van der Waals surface area contributed by atoms with Gasteiger partial charge in [-0.05, 0) is 72.3 Å². The van der Waals surface area contributed by atoms with E-state index in [0.29, 0.717) is 36.1 Å². The number of nitrogens with zero attached hydrogens (tertiary/aromatic N) is 5. The Bertz CT molecular complexity index is 1720. The number of carbonyl (C=O) groups excluding carboxylic acids is 2. The van der Waals surface area contributed by atoms with Gasteiger partial charge in [-0.3, -0.25) is 4.79 Å². The molecular weight excluding hydrogens is 532 g/mol. The summed E-state index contributed by atoms with van der Waals surface area (Å²) in [5.74, 6) is 1.30. The van der Waals surface area contributed by atoms with Crippen LogP contribution in [-0.2, 0) is 9.53 Å². The summed E-state index contributed by atoms with van der Waals surface area (Å²) in [6, 6.07) is 22.0. The average Bonchev–Trinajstić information content (AvgIpc) is 3.02. The average molecular weight is 561 g/mol. The quantitative estimate of drug-likeness (QED) is 0.258. The largest absolute Gasteiger partial charge is 0.378 e. The van der Waals surface area contributed by atoms with E-state index in [9.17, 15) is 9.59 Å². The predicted octanol–water partition coefficient (Wildman–Crippen LogP) is 5.19. The van der Waals surface area contributed by atoms with Gasteiger partial charge in [-0.2, -0.15) is 10.2 Å². The molecular formula is C31H28N8O3. The molecule has 0 spiro atoms. The number of carbonyl (C=O) groups is 2. The first-order chi connectivity index (χ1) is 20.5. The van der Waals surface area contributed by atoms with Crippen molar-refractivity contribution in [1.29, 1.82) is 0 Å². The first kappa shape index (κ1) is 26.8. The molecule has 1 aliphatic heterocycles. The lowest BCUT2D eigenvalue weighted by molar-refractivity contribution is -0.114. The molecule has 210 valence electrons. The third-order valence-electron chi connectivity index (χ3n) is 6.77. The Morgan fingerprint density at radius 2 is 1.38 bits per heavy atom. The summed E-state index contributed by atoms with van der Waals surface area (Å²) in [5.41, 5.74) is 5.46. The molecule has 42 heavy (non-hydrogen) atoms. The van der Waals surface area contributed by atoms with Crippen molar-refractivity contribution in [2.24, 2.45) is 0 Å². The summed E-state index contributed by atoms with van der Waals surface area (Å²) in [6.07, 6.45) is 3.40. The number of morpholine rings is 1. The van der Waals surface area contributed by atoms with Crippen molar-refractivity contribution < 1.29 is 14.3 Å². The van der Waals surface area contributed by atoms with Gasteiger partial charge in [0.15, 0.2) is 5.82 Å². The van der Waals surface area contributed by atoms with Gasteiger partial charge in [0.05, 0.1) is 31.1 Å². The predicted molar refractivity (Wildman–Crippen MR) is 162 cm³/mol. The van der Waals surface area contributed by atoms with Gasteiger partial charge in [0.25, 0.3) is 0 Å². The van der Waals surface area contributed by atoms with Crippen LogP contribution in [0.25, 0.3) is 33.4 Å². The number of aromatic nitrogens is 4. The van der Waals surface area contributed by atoms with Crippen molar-refractivity contribution in [2.45, 2.75) is 6.92 Å². The maximum atomic E-state index is 12.6. The van der Waals surface area contributed by atoms with E-state index in [1.165, 1.54) is 6.92 Å². The summed E-state index contributed by atoms with van der Waals surface area (Å²) >= 11 is 0. The Kier molecular flexibility index (Phi) is 7.64. The molecule has 11 nitrogen and oxygen atoms in total. The summed E-state index contributed by atoms with van der Waals surface area (Å²) in [4.78, 5) is 35.9. The normalized spacial score (nSPS) is 13.0. The number of nitrogens with one attached hydrogen (secondary N) is 3. The minimum atomic E-state index is -0.385. The molecule has 2 aromatic heterocycles. The van der Waals surface area contributed by atoms with Crippen molar-refractivity contribution in [1.82, 2.24) is 20.2 Å². The Morgan fingerprint density at radius 1 is 0.738 bits per heavy atom. The molecule has 6 rings (SSSR count). The molecule has 1 aliphatic rings. The van der Waals surface area contributed by atoms with Gasteiger partial charge in [0, 0.05) is 53.6 Å². The zero-order chi connectivity index (χ0) is 28.9. The molecule has 3 aromatic carbocycles. The molecule has 0 atom stereocenters. The SMILES string of the molecule is CC(=O)Nc1ccc(NC(=O)Nc2ccc(-c3nc(N4CCOCC4)c4ccc(-c5ccnnc5)cc4n3)cc2)cc1. The van der Waals surface area contributed by atoms with Crippen molar-refractivity contribution in [3.05, 3.63) is 85.2 Å². The molecule has 5 aromatic rings. The summed E-state index contributed by atoms with van der Waals surface area (Å²) < 4.78 is 5.57. The van der Waals surface area contributed by atoms with E-state index in [4.69, 9.17) is 14.7 Å². The number of ether oxygens (including phenoxy) is 1. The first-order valence-electron chi connectivity index (χ1n) is 13.5. The molecule has 1 saturated heterocycles. The number of urea groups is 1. The summed E-state index contributed by atoms with van der Waals surface area (Å²) in [7, 11) is 0. The second-order valence-electron chi connectivity index (χ2n) is 9.75. The van der Waals surface area contributed by atoms with Crippen molar-refractivity contribution in [2.75, 3.05) is 47.2 Å². The number of hydrogen-bond acceptors (Lipinski definition) is 8. The van der Waals surface area contributed by atoms with Crippen LogP contribution < -0.4 is 20.9 Å². The number of rotatable bonds is 6. The standard InChI is InChI=1S/C31H28N8O3/c1-20(40)34-24-7-9-26(10-8-24)36-31(41)35-25-5-2-21(3-6-25)29-37-28-18-22(23-12-13-32-33-19-23)4-11-27(28)30(38-29)39-14-16-42-17-15-39/h2-13,18-19H,14-17H2,1H3,(H,34,40)(H2,35,36,41). The molecule has 0 aliphatic carbocycles. The fourth-order valence-corrected chi connectivity index (χ4v) is 4.74. The van der Waals surface area contributed by atoms with E-state index < -0.39 is 0 Å². The Hall–Kier alpha value is -5.42. The van der Waals surface area contributed by atoms with Gasteiger partial charge in [-0.1, -0.05) is 6.07 Å². The number of anilines is 4. The second kappa shape index (κ2) is 12.0. The number of amides is 3. The van der Waals surface area contributed by atoms with Crippen LogP contribution in [0.2, 0.25) is 0 Å². The minimum Gasteiger partial charge on any atom is -0.378 e.